The number of benzene rings is 2. The molecule has 0 amide bonds. The number of aryl methyl sites for hydroxylation is 2. The Hall–Kier alpha value is -2.00. The highest BCUT2D eigenvalue weighted by Gasteiger charge is 2.15. The Bertz CT molecular complexity index is 801. The topological polar surface area (TPSA) is 30.0 Å². The van der Waals surface area contributed by atoms with Crippen LogP contribution in [0.25, 0.3) is 10.2 Å². The highest BCUT2D eigenvalue weighted by Crippen LogP contribution is 2.25. The zero-order valence-corrected chi connectivity index (χ0v) is 12.5. The van der Waals surface area contributed by atoms with Crippen LogP contribution in [0.2, 0.25) is 0 Å². The lowest BCUT2D eigenvalue weighted by Crippen LogP contribution is -2.04. The number of hydrogen-bond donors (Lipinski definition) is 0. The maximum absolute atomic E-state index is 12.5. The van der Waals surface area contributed by atoms with Gasteiger partial charge in [-0.15, -0.1) is 11.3 Å². The molecular formula is C18H15NOS. The van der Waals surface area contributed by atoms with E-state index in [1.54, 1.807) is 11.3 Å². The van der Waals surface area contributed by atoms with Crippen molar-refractivity contribution < 1.29 is 4.79 Å². The van der Waals surface area contributed by atoms with E-state index < -0.39 is 0 Å². The zero-order valence-electron chi connectivity index (χ0n) is 11.6. The second-order valence-corrected chi connectivity index (χ2v) is 6.63. The molecule has 3 heteroatoms. The van der Waals surface area contributed by atoms with E-state index in [0.717, 1.165) is 33.6 Å². The van der Waals surface area contributed by atoms with Crippen molar-refractivity contribution in [2.24, 2.45) is 0 Å². The molecule has 0 atom stereocenters. The highest BCUT2D eigenvalue weighted by atomic mass is 32.1. The molecule has 0 saturated heterocycles. The summed E-state index contributed by atoms with van der Waals surface area (Å²) in [5.74, 6) is 0.170. The summed E-state index contributed by atoms with van der Waals surface area (Å²) in [5.41, 5.74) is 4.57. The molecule has 1 aliphatic carbocycles. The molecule has 0 spiro atoms. The minimum Gasteiger partial charge on any atom is -0.294 e. The largest absolute Gasteiger partial charge is 0.294 e. The normalized spacial score (nSPS) is 13.5. The molecule has 3 aromatic rings. The van der Waals surface area contributed by atoms with Crippen LogP contribution in [0, 0.1) is 0 Å². The van der Waals surface area contributed by atoms with Crippen LogP contribution < -0.4 is 0 Å². The van der Waals surface area contributed by atoms with E-state index in [-0.39, 0.29) is 5.78 Å². The van der Waals surface area contributed by atoms with E-state index in [4.69, 9.17) is 0 Å². The summed E-state index contributed by atoms with van der Waals surface area (Å²) in [7, 11) is 0. The van der Waals surface area contributed by atoms with Crippen LogP contribution in [0.15, 0.2) is 42.5 Å². The van der Waals surface area contributed by atoms with Gasteiger partial charge in [0.2, 0.25) is 0 Å². The third-order valence-corrected chi connectivity index (χ3v) is 5.11. The Balaban J connectivity index is 1.60. The molecule has 0 N–H and O–H groups in total. The Morgan fingerprint density at radius 2 is 1.95 bits per heavy atom. The van der Waals surface area contributed by atoms with Gasteiger partial charge in [0.1, 0.15) is 5.01 Å². The number of Topliss-reactive ketones (excluding diaryl/α,β-unsaturated/α-hetero) is 1. The minimum atomic E-state index is 0.170. The quantitative estimate of drug-likeness (QED) is 0.677. The molecule has 104 valence electrons. The third kappa shape index (κ3) is 2.38. The fraction of sp³-hybridized carbons (Fsp3) is 0.222. The number of hydrogen-bond acceptors (Lipinski definition) is 3. The van der Waals surface area contributed by atoms with Gasteiger partial charge >= 0.3 is 0 Å². The van der Waals surface area contributed by atoms with Gasteiger partial charge in [-0.3, -0.25) is 4.79 Å². The van der Waals surface area contributed by atoms with Gasteiger partial charge in [0.05, 0.1) is 16.6 Å². The molecule has 2 aromatic carbocycles. The summed E-state index contributed by atoms with van der Waals surface area (Å²) in [5, 5.41) is 0.904. The van der Waals surface area contributed by atoms with Gasteiger partial charge in [-0.2, -0.15) is 0 Å². The fourth-order valence-electron chi connectivity index (χ4n) is 2.98. The molecule has 0 fully saturated rings. The standard InChI is InChI=1S/C18H15NOS/c20-16(14-9-8-12-4-3-5-13(12)10-14)11-18-19-15-6-1-2-7-17(15)21-18/h1-2,6-10H,3-5,11H2. The van der Waals surface area contributed by atoms with Crippen molar-refractivity contribution in [2.75, 3.05) is 0 Å². The number of para-hydroxylation sites is 1. The Labute approximate surface area is 127 Å². The lowest BCUT2D eigenvalue weighted by atomic mass is 10.0. The molecule has 0 aliphatic heterocycles. The van der Waals surface area contributed by atoms with Crippen LogP contribution >= 0.6 is 11.3 Å². The van der Waals surface area contributed by atoms with Crippen LogP contribution in [0.3, 0.4) is 0 Å². The first-order valence-corrected chi connectivity index (χ1v) is 8.11. The van der Waals surface area contributed by atoms with Gasteiger partial charge in [0, 0.05) is 5.56 Å². The Kier molecular flexibility index (Phi) is 3.08. The molecule has 2 nitrogen and oxygen atoms in total. The third-order valence-electron chi connectivity index (χ3n) is 4.07. The second kappa shape index (κ2) is 5.08. The number of thiazole rings is 1. The van der Waals surface area contributed by atoms with E-state index in [9.17, 15) is 4.79 Å². The van der Waals surface area contributed by atoms with Gasteiger partial charge in [0.15, 0.2) is 5.78 Å². The van der Waals surface area contributed by atoms with Crippen molar-refractivity contribution in [2.45, 2.75) is 25.7 Å². The molecule has 21 heavy (non-hydrogen) atoms. The van der Waals surface area contributed by atoms with E-state index in [1.807, 2.05) is 24.3 Å². The summed E-state index contributed by atoms with van der Waals surface area (Å²) >= 11 is 1.61. The smallest absolute Gasteiger partial charge is 0.169 e. The first-order chi connectivity index (χ1) is 10.3. The molecule has 0 unspecified atom stereocenters. The summed E-state index contributed by atoms with van der Waals surface area (Å²) in [6.07, 6.45) is 3.88. The number of rotatable bonds is 3. The fourth-order valence-corrected chi connectivity index (χ4v) is 3.95. The van der Waals surface area contributed by atoms with Gasteiger partial charge in [-0.25, -0.2) is 4.98 Å². The zero-order chi connectivity index (χ0) is 14.2. The van der Waals surface area contributed by atoms with Gasteiger partial charge in [0.25, 0.3) is 0 Å². The molecular weight excluding hydrogens is 278 g/mol. The molecule has 1 aliphatic rings. The highest BCUT2D eigenvalue weighted by molar-refractivity contribution is 7.18. The Morgan fingerprint density at radius 1 is 1.10 bits per heavy atom. The van der Waals surface area contributed by atoms with E-state index in [1.165, 1.54) is 17.5 Å². The van der Waals surface area contributed by atoms with Crippen molar-refractivity contribution in [3.05, 3.63) is 64.2 Å². The van der Waals surface area contributed by atoms with Crippen molar-refractivity contribution in [3.63, 3.8) is 0 Å². The molecule has 1 heterocycles. The summed E-state index contributed by atoms with van der Waals surface area (Å²) in [6.45, 7) is 0. The predicted octanol–water partition coefficient (Wildman–Crippen LogP) is 4.21. The number of carbonyl (C=O) groups excluding carboxylic acids is 1. The predicted molar refractivity (Wildman–Crippen MR) is 86.1 cm³/mol. The van der Waals surface area contributed by atoms with Crippen LogP contribution in [0.5, 0.6) is 0 Å². The van der Waals surface area contributed by atoms with Crippen LogP contribution in [0.4, 0.5) is 0 Å². The van der Waals surface area contributed by atoms with Crippen LogP contribution in [-0.4, -0.2) is 10.8 Å². The summed E-state index contributed by atoms with van der Waals surface area (Å²) < 4.78 is 1.15. The first kappa shape index (κ1) is 12.7. The Morgan fingerprint density at radius 3 is 2.86 bits per heavy atom. The van der Waals surface area contributed by atoms with E-state index in [0.29, 0.717) is 6.42 Å². The number of nitrogens with zero attached hydrogens (tertiary/aromatic N) is 1. The molecule has 1 aromatic heterocycles. The lowest BCUT2D eigenvalue weighted by Gasteiger charge is -2.03. The summed E-state index contributed by atoms with van der Waals surface area (Å²) in [4.78, 5) is 17.0. The molecule has 0 bridgehead atoms. The number of aromatic nitrogens is 1. The van der Waals surface area contributed by atoms with Crippen molar-refractivity contribution in [1.29, 1.82) is 0 Å². The van der Waals surface area contributed by atoms with Crippen LogP contribution in [-0.2, 0) is 19.3 Å². The first-order valence-electron chi connectivity index (χ1n) is 7.29. The van der Waals surface area contributed by atoms with Crippen LogP contribution in [0.1, 0.15) is 32.9 Å². The molecule has 4 rings (SSSR count). The molecule has 0 radical (unpaired) electrons. The average Bonchev–Trinajstić information content (AvgIpc) is 3.11. The molecule has 0 saturated carbocycles. The maximum atomic E-state index is 12.5. The second-order valence-electron chi connectivity index (χ2n) is 5.51. The van der Waals surface area contributed by atoms with E-state index in [2.05, 4.69) is 23.2 Å². The number of carbonyl (C=O) groups is 1. The van der Waals surface area contributed by atoms with Gasteiger partial charge in [-0.05, 0) is 48.6 Å². The van der Waals surface area contributed by atoms with Crippen molar-refractivity contribution in [3.8, 4) is 0 Å². The summed E-state index contributed by atoms with van der Waals surface area (Å²) in [6, 6.07) is 14.2. The van der Waals surface area contributed by atoms with E-state index >= 15 is 0 Å². The van der Waals surface area contributed by atoms with Gasteiger partial charge in [-0.1, -0.05) is 24.3 Å². The van der Waals surface area contributed by atoms with Crippen molar-refractivity contribution >= 4 is 27.3 Å². The average molecular weight is 293 g/mol. The monoisotopic (exact) mass is 293 g/mol. The SMILES string of the molecule is O=C(Cc1nc2ccccc2s1)c1ccc2c(c1)CCC2. The van der Waals surface area contributed by atoms with Gasteiger partial charge < -0.3 is 0 Å². The minimum absolute atomic E-state index is 0.170. The number of fused-ring (bicyclic) bond motifs is 2. The number of ketones is 1. The lowest BCUT2D eigenvalue weighted by molar-refractivity contribution is 0.0993. The van der Waals surface area contributed by atoms with Crippen molar-refractivity contribution in [1.82, 2.24) is 4.98 Å². The maximum Gasteiger partial charge on any atom is 0.169 e.